The van der Waals surface area contributed by atoms with Gasteiger partial charge in [-0.25, -0.2) is 4.98 Å². The minimum Gasteiger partial charge on any atom is -0.319 e. The van der Waals surface area contributed by atoms with Crippen molar-refractivity contribution in [2.75, 3.05) is 0 Å². The number of rotatable bonds is 3. The molecular formula is C13H22N2S. The van der Waals surface area contributed by atoms with Crippen LogP contribution in [0.4, 0.5) is 0 Å². The molecule has 0 spiro atoms. The van der Waals surface area contributed by atoms with E-state index < -0.39 is 0 Å². The van der Waals surface area contributed by atoms with E-state index in [-0.39, 0.29) is 5.54 Å². The SMILES string of the molecule is CCCc1csc(C2(N)CCCC(C)C2)n1. The van der Waals surface area contributed by atoms with Gasteiger partial charge in [-0.2, -0.15) is 0 Å². The Kier molecular flexibility index (Phi) is 3.65. The van der Waals surface area contributed by atoms with Crippen molar-refractivity contribution >= 4 is 11.3 Å². The smallest absolute Gasteiger partial charge is 0.113 e. The summed E-state index contributed by atoms with van der Waals surface area (Å²) in [6.07, 6.45) is 7.04. The van der Waals surface area contributed by atoms with E-state index in [9.17, 15) is 0 Å². The Labute approximate surface area is 102 Å². The van der Waals surface area contributed by atoms with Crippen LogP contribution >= 0.6 is 11.3 Å². The molecule has 2 unspecified atom stereocenters. The molecule has 1 aliphatic rings. The van der Waals surface area contributed by atoms with Gasteiger partial charge >= 0.3 is 0 Å². The molecule has 16 heavy (non-hydrogen) atoms. The minimum atomic E-state index is -0.131. The molecule has 2 rings (SSSR count). The quantitative estimate of drug-likeness (QED) is 0.876. The monoisotopic (exact) mass is 238 g/mol. The number of aromatic nitrogens is 1. The third-order valence-electron chi connectivity index (χ3n) is 3.52. The Morgan fingerprint density at radius 2 is 2.44 bits per heavy atom. The Bertz CT molecular complexity index is 347. The molecule has 0 aromatic carbocycles. The molecule has 0 amide bonds. The summed E-state index contributed by atoms with van der Waals surface area (Å²) in [5.41, 5.74) is 7.62. The summed E-state index contributed by atoms with van der Waals surface area (Å²) >= 11 is 1.76. The van der Waals surface area contributed by atoms with Gasteiger partial charge in [0.2, 0.25) is 0 Å². The van der Waals surface area contributed by atoms with Gasteiger partial charge in [-0.15, -0.1) is 11.3 Å². The molecule has 1 aromatic rings. The van der Waals surface area contributed by atoms with E-state index >= 15 is 0 Å². The van der Waals surface area contributed by atoms with Crippen LogP contribution in [-0.2, 0) is 12.0 Å². The number of aryl methyl sites for hydroxylation is 1. The average Bonchev–Trinajstić information content (AvgIpc) is 2.67. The molecule has 2 atom stereocenters. The highest BCUT2D eigenvalue weighted by Gasteiger charge is 2.35. The van der Waals surface area contributed by atoms with E-state index in [1.165, 1.54) is 23.5 Å². The Morgan fingerprint density at radius 3 is 3.12 bits per heavy atom. The zero-order chi connectivity index (χ0) is 11.6. The second-order valence-electron chi connectivity index (χ2n) is 5.25. The van der Waals surface area contributed by atoms with Gasteiger partial charge in [0.1, 0.15) is 5.01 Å². The topological polar surface area (TPSA) is 38.9 Å². The molecule has 90 valence electrons. The van der Waals surface area contributed by atoms with E-state index in [0.29, 0.717) is 0 Å². The highest BCUT2D eigenvalue weighted by molar-refractivity contribution is 7.09. The average molecular weight is 238 g/mol. The summed E-state index contributed by atoms with van der Waals surface area (Å²) in [4.78, 5) is 4.72. The van der Waals surface area contributed by atoms with Crippen molar-refractivity contribution in [1.29, 1.82) is 0 Å². The van der Waals surface area contributed by atoms with Gasteiger partial charge in [0.15, 0.2) is 0 Å². The van der Waals surface area contributed by atoms with Crippen LogP contribution < -0.4 is 5.73 Å². The van der Waals surface area contributed by atoms with Gasteiger partial charge in [-0.1, -0.05) is 33.1 Å². The number of nitrogens with zero attached hydrogens (tertiary/aromatic N) is 1. The standard InChI is InChI=1S/C13H22N2S/c1-3-5-11-9-16-12(15-11)13(14)7-4-6-10(2)8-13/h9-10H,3-8,14H2,1-2H3. The first-order valence-electron chi connectivity index (χ1n) is 6.38. The lowest BCUT2D eigenvalue weighted by atomic mass is 9.77. The zero-order valence-electron chi connectivity index (χ0n) is 10.3. The fraction of sp³-hybridized carbons (Fsp3) is 0.769. The molecule has 3 heteroatoms. The molecule has 1 aliphatic carbocycles. The number of hydrogen-bond acceptors (Lipinski definition) is 3. The second-order valence-corrected chi connectivity index (χ2v) is 6.11. The van der Waals surface area contributed by atoms with Crippen LogP contribution in [0.25, 0.3) is 0 Å². The maximum Gasteiger partial charge on any atom is 0.113 e. The van der Waals surface area contributed by atoms with E-state index in [4.69, 9.17) is 10.7 Å². The molecule has 1 aromatic heterocycles. The normalized spacial score (nSPS) is 30.6. The molecule has 0 saturated heterocycles. The van der Waals surface area contributed by atoms with Crippen molar-refractivity contribution in [3.05, 3.63) is 16.1 Å². The highest BCUT2D eigenvalue weighted by atomic mass is 32.1. The molecule has 0 radical (unpaired) electrons. The summed E-state index contributed by atoms with van der Waals surface area (Å²) in [5, 5.41) is 3.36. The van der Waals surface area contributed by atoms with E-state index in [0.717, 1.165) is 31.6 Å². The molecule has 2 nitrogen and oxygen atoms in total. The first-order chi connectivity index (χ1) is 7.64. The lowest BCUT2D eigenvalue weighted by Gasteiger charge is -2.35. The summed E-state index contributed by atoms with van der Waals surface area (Å²) in [6, 6.07) is 0. The summed E-state index contributed by atoms with van der Waals surface area (Å²) in [7, 11) is 0. The van der Waals surface area contributed by atoms with Crippen LogP contribution in [0.1, 0.15) is 56.7 Å². The maximum atomic E-state index is 6.53. The summed E-state index contributed by atoms with van der Waals surface area (Å²) in [5.74, 6) is 0.747. The molecule has 0 bridgehead atoms. The third-order valence-corrected chi connectivity index (χ3v) is 4.63. The molecular weight excluding hydrogens is 216 g/mol. The second kappa shape index (κ2) is 4.84. The fourth-order valence-corrected chi connectivity index (χ4v) is 3.70. The third kappa shape index (κ3) is 2.46. The van der Waals surface area contributed by atoms with Crippen LogP contribution in [0.5, 0.6) is 0 Å². The van der Waals surface area contributed by atoms with Gasteiger partial charge in [0, 0.05) is 5.38 Å². The Hall–Kier alpha value is -0.410. The van der Waals surface area contributed by atoms with Gasteiger partial charge in [-0.3, -0.25) is 0 Å². The van der Waals surface area contributed by atoms with E-state index in [1.54, 1.807) is 11.3 Å². The highest BCUT2D eigenvalue weighted by Crippen LogP contribution is 2.38. The van der Waals surface area contributed by atoms with Crippen molar-refractivity contribution in [3.8, 4) is 0 Å². The zero-order valence-corrected chi connectivity index (χ0v) is 11.1. The first kappa shape index (κ1) is 12.1. The Morgan fingerprint density at radius 1 is 1.62 bits per heavy atom. The van der Waals surface area contributed by atoms with Gasteiger partial charge < -0.3 is 5.73 Å². The van der Waals surface area contributed by atoms with Gasteiger partial charge in [0.05, 0.1) is 11.2 Å². The number of hydrogen-bond donors (Lipinski definition) is 1. The van der Waals surface area contributed by atoms with Gasteiger partial charge in [-0.05, 0) is 25.2 Å². The lowest BCUT2D eigenvalue weighted by Crippen LogP contribution is -2.40. The lowest BCUT2D eigenvalue weighted by molar-refractivity contribution is 0.238. The van der Waals surface area contributed by atoms with E-state index in [2.05, 4.69) is 19.2 Å². The number of thiazole rings is 1. The molecule has 1 fully saturated rings. The Balaban J connectivity index is 2.14. The van der Waals surface area contributed by atoms with Gasteiger partial charge in [0.25, 0.3) is 0 Å². The maximum absolute atomic E-state index is 6.53. The van der Waals surface area contributed by atoms with Crippen molar-refractivity contribution in [2.24, 2.45) is 11.7 Å². The largest absolute Gasteiger partial charge is 0.319 e. The predicted molar refractivity (Wildman–Crippen MR) is 69.6 cm³/mol. The minimum absolute atomic E-state index is 0.131. The number of nitrogens with two attached hydrogens (primary N) is 1. The van der Waals surface area contributed by atoms with Crippen LogP contribution in [0.15, 0.2) is 5.38 Å². The van der Waals surface area contributed by atoms with Crippen LogP contribution in [-0.4, -0.2) is 4.98 Å². The van der Waals surface area contributed by atoms with Crippen LogP contribution in [0.3, 0.4) is 0 Å². The first-order valence-corrected chi connectivity index (χ1v) is 7.26. The molecule has 1 heterocycles. The van der Waals surface area contributed by atoms with Crippen molar-refractivity contribution in [3.63, 3.8) is 0 Å². The fourth-order valence-electron chi connectivity index (χ4n) is 2.69. The predicted octanol–water partition coefficient (Wildman–Crippen LogP) is 3.46. The van der Waals surface area contributed by atoms with Crippen molar-refractivity contribution < 1.29 is 0 Å². The molecule has 2 N–H and O–H groups in total. The summed E-state index contributed by atoms with van der Waals surface area (Å²) < 4.78 is 0. The molecule has 1 saturated carbocycles. The van der Waals surface area contributed by atoms with Crippen LogP contribution in [0.2, 0.25) is 0 Å². The summed E-state index contributed by atoms with van der Waals surface area (Å²) in [6.45, 7) is 4.50. The van der Waals surface area contributed by atoms with E-state index in [1.807, 2.05) is 0 Å². The molecule has 0 aliphatic heterocycles. The van der Waals surface area contributed by atoms with Crippen molar-refractivity contribution in [1.82, 2.24) is 4.98 Å². The van der Waals surface area contributed by atoms with Crippen molar-refractivity contribution in [2.45, 2.75) is 57.9 Å². The van der Waals surface area contributed by atoms with Crippen LogP contribution in [0, 0.1) is 5.92 Å².